The summed E-state index contributed by atoms with van der Waals surface area (Å²) in [5.41, 5.74) is 1.99. The SMILES string of the molecule is COc1ccc(OC)c([C@H](C)NC(=O)CCCN(c2cccc(Cl)c2C)S(C)(=O)=O)c1. The van der Waals surface area contributed by atoms with E-state index in [2.05, 4.69) is 5.32 Å². The lowest BCUT2D eigenvalue weighted by Gasteiger charge is -2.24. The van der Waals surface area contributed by atoms with Crippen molar-refractivity contribution in [2.24, 2.45) is 0 Å². The molecule has 2 aromatic rings. The van der Waals surface area contributed by atoms with Crippen molar-refractivity contribution in [1.82, 2.24) is 5.32 Å². The Hall–Kier alpha value is -2.45. The van der Waals surface area contributed by atoms with Crippen LogP contribution < -0.4 is 19.1 Å². The van der Waals surface area contributed by atoms with Gasteiger partial charge in [0.15, 0.2) is 0 Å². The molecule has 1 atom stereocenters. The molecule has 0 heterocycles. The van der Waals surface area contributed by atoms with Gasteiger partial charge in [-0.25, -0.2) is 8.42 Å². The van der Waals surface area contributed by atoms with Crippen molar-refractivity contribution >= 4 is 33.2 Å². The van der Waals surface area contributed by atoms with E-state index in [0.29, 0.717) is 34.2 Å². The molecule has 0 bridgehead atoms. The quantitative estimate of drug-likeness (QED) is 0.567. The zero-order chi connectivity index (χ0) is 23.2. The third kappa shape index (κ3) is 6.51. The molecule has 9 heteroatoms. The highest BCUT2D eigenvalue weighted by Crippen LogP contribution is 2.30. The topological polar surface area (TPSA) is 84.9 Å². The molecule has 0 radical (unpaired) electrons. The molecular formula is C22H29ClN2O5S. The van der Waals surface area contributed by atoms with Crippen LogP contribution >= 0.6 is 11.6 Å². The van der Waals surface area contributed by atoms with Crippen molar-refractivity contribution in [3.05, 3.63) is 52.5 Å². The normalized spacial score (nSPS) is 12.2. The van der Waals surface area contributed by atoms with Crippen LogP contribution in [0, 0.1) is 6.92 Å². The minimum Gasteiger partial charge on any atom is -0.497 e. The number of amides is 1. The van der Waals surface area contributed by atoms with Crippen molar-refractivity contribution in [3.63, 3.8) is 0 Å². The van der Waals surface area contributed by atoms with Gasteiger partial charge >= 0.3 is 0 Å². The second-order valence-electron chi connectivity index (χ2n) is 7.22. The smallest absolute Gasteiger partial charge is 0.232 e. The van der Waals surface area contributed by atoms with Crippen molar-refractivity contribution in [3.8, 4) is 11.5 Å². The average Bonchev–Trinajstić information content (AvgIpc) is 2.72. The van der Waals surface area contributed by atoms with Gasteiger partial charge in [-0.2, -0.15) is 0 Å². The molecule has 0 aliphatic heterocycles. The van der Waals surface area contributed by atoms with Gasteiger partial charge in [0.1, 0.15) is 11.5 Å². The Labute approximate surface area is 189 Å². The minimum absolute atomic E-state index is 0.169. The van der Waals surface area contributed by atoms with Gasteiger partial charge in [-0.1, -0.05) is 17.7 Å². The maximum absolute atomic E-state index is 12.5. The zero-order valence-corrected chi connectivity index (χ0v) is 20.0. The number of nitrogens with one attached hydrogen (secondary N) is 1. The fourth-order valence-electron chi connectivity index (χ4n) is 3.28. The van der Waals surface area contributed by atoms with Crippen LogP contribution in [-0.2, 0) is 14.8 Å². The van der Waals surface area contributed by atoms with Gasteiger partial charge in [-0.3, -0.25) is 9.10 Å². The number of rotatable bonds is 10. The maximum Gasteiger partial charge on any atom is 0.232 e. The van der Waals surface area contributed by atoms with Crippen LogP contribution in [0.2, 0.25) is 5.02 Å². The van der Waals surface area contributed by atoms with Crippen LogP contribution in [0.15, 0.2) is 36.4 Å². The number of benzene rings is 2. The van der Waals surface area contributed by atoms with Crippen LogP contribution in [0.3, 0.4) is 0 Å². The van der Waals surface area contributed by atoms with E-state index in [4.69, 9.17) is 21.1 Å². The summed E-state index contributed by atoms with van der Waals surface area (Å²) in [6, 6.07) is 10.2. The highest BCUT2D eigenvalue weighted by atomic mass is 35.5. The first-order chi connectivity index (χ1) is 14.6. The number of carbonyl (C=O) groups excluding carboxylic acids is 1. The first-order valence-electron chi connectivity index (χ1n) is 9.82. The summed E-state index contributed by atoms with van der Waals surface area (Å²) in [4.78, 5) is 12.5. The molecule has 1 N–H and O–H groups in total. The van der Waals surface area contributed by atoms with Crippen molar-refractivity contribution in [1.29, 1.82) is 0 Å². The Balaban J connectivity index is 2.04. The molecule has 7 nitrogen and oxygen atoms in total. The van der Waals surface area contributed by atoms with E-state index < -0.39 is 10.0 Å². The standard InChI is InChI=1S/C22H29ClN2O5S/c1-15-19(23)8-6-9-20(15)25(31(5,27)28)13-7-10-22(26)24-16(2)18-14-17(29-3)11-12-21(18)30-4/h6,8-9,11-12,14,16H,7,10,13H2,1-5H3,(H,24,26)/t16-/m0/s1. The highest BCUT2D eigenvalue weighted by Gasteiger charge is 2.21. The van der Waals surface area contributed by atoms with Crippen molar-refractivity contribution in [2.75, 3.05) is 31.3 Å². The minimum atomic E-state index is -3.53. The van der Waals surface area contributed by atoms with Crippen LogP contribution in [0.5, 0.6) is 11.5 Å². The molecule has 0 aromatic heterocycles. The van der Waals surface area contributed by atoms with Crippen LogP contribution in [0.25, 0.3) is 0 Å². The predicted octanol–water partition coefficient (Wildman–Crippen LogP) is 4.09. The van der Waals surface area contributed by atoms with Crippen LogP contribution in [0.4, 0.5) is 5.69 Å². The summed E-state index contributed by atoms with van der Waals surface area (Å²) in [6.45, 7) is 3.80. The third-order valence-electron chi connectivity index (χ3n) is 4.95. The van der Waals surface area contributed by atoms with E-state index in [1.807, 2.05) is 13.0 Å². The number of hydrogen-bond donors (Lipinski definition) is 1. The van der Waals surface area contributed by atoms with Gasteiger partial charge in [-0.15, -0.1) is 0 Å². The molecule has 0 fully saturated rings. The molecule has 170 valence electrons. The molecule has 0 saturated heterocycles. The second kappa shape index (κ2) is 10.7. The summed E-state index contributed by atoms with van der Waals surface area (Å²) >= 11 is 6.15. The fraction of sp³-hybridized carbons (Fsp3) is 0.409. The summed E-state index contributed by atoms with van der Waals surface area (Å²) in [5, 5.41) is 3.42. The van der Waals surface area contributed by atoms with Gasteiger partial charge in [0.2, 0.25) is 15.9 Å². The Bertz CT molecular complexity index is 1030. The molecule has 2 rings (SSSR count). The Morgan fingerprint density at radius 3 is 2.52 bits per heavy atom. The van der Waals surface area contributed by atoms with Gasteiger partial charge < -0.3 is 14.8 Å². The van der Waals surface area contributed by atoms with E-state index in [0.717, 1.165) is 11.8 Å². The third-order valence-corrected chi connectivity index (χ3v) is 6.54. The summed E-state index contributed by atoms with van der Waals surface area (Å²) < 4.78 is 36.6. The Kier molecular flexibility index (Phi) is 8.59. The molecule has 1 amide bonds. The number of nitrogens with zero attached hydrogens (tertiary/aromatic N) is 1. The molecule has 0 saturated carbocycles. The summed E-state index contributed by atoms with van der Waals surface area (Å²) in [6.07, 6.45) is 1.67. The Morgan fingerprint density at radius 1 is 1.19 bits per heavy atom. The van der Waals surface area contributed by atoms with Crippen LogP contribution in [-0.4, -0.2) is 41.3 Å². The number of sulfonamides is 1. The van der Waals surface area contributed by atoms with E-state index >= 15 is 0 Å². The first-order valence-corrected chi connectivity index (χ1v) is 12.0. The zero-order valence-electron chi connectivity index (χ0n) is 18.4. The number of anilines is 1. The van der Waals surface area contributed by atoms with Gasteiger partial charge in [0, 0.05) is 23.6 Å². The van der Waals surface area contributed by atoms with Crippen molar-refractivity contribution < 1.29 is 22.7 Å². The largest absolute Gasteiger partial charge is 0.497 e. The van der Waals surface area contributed by atoms with Crippen molar-refractivity contribution in [2.45, 2.75) is 32.7 Å². The molecule has 0 aliphatic carbocycles. The average molecular weight is 469 g/mol. The predicted molar refractivity (Wildman–Crippen MR) is 124 cm³/mol. The van der Waals surface area contributed by atoms with E-state index in [1.54, 1.807) is 51.5 Å². The van der Waals surface area contributed by atoms with Gasteiger partial charge in [0.05, 0.1) is 32.2 Å². The Morgan fingerprint density at radius 2 is 1.90 bits per heavy atom. The summed E-state index contributed by atoms with van der Waals surface area (Å²) in [7, 11) is -0.385. The molecule has 0 unspecified atom stereocenters. The lowest BCUT2D eigenvalue weighted by Crippen LogP contribution is -2.33. The maximum atomic E-state index is 12.5. The number of ether oxygens (including phenoxy) is 2. The number of hydrogen-bond acceptors (Lipinski definition) is 5. The highest BCUT2D eigenvalue weighted by molar-refractivity contribution is 7.92. The molecule has 31 heavy (non-hydrogen) atoms. The van der Waals surface area contributed by atoms with Crippen LogP contribution in [0.1, 0.15) is 36.9 Å². The molecule has 0 aliphatic rings. The number of carbonyl (C=O) groups is 1. The van der Waals surface area contributed by atoms with E-state index in [1.165, 1.54) is 4.31 Å². The van der Waals surface area contributed by atoms with E-state index in [-0.39, 0.29) is 24.9 Å². The first kappa shape index (κ1) is 24.8. The molecule has 0 spiro atoms. The monoisotopic (exact) mass is 468 g/mol. The number of halogens is 1. The molecule has 2 aromatic carbocycles. The van der Waals surface area contributed by atoms with Gasteiger partial charge in [-0.05, 0) is 56.2 Å². The fourth-order valence-corrected chi connectivity index (χ4v) is 4.47. The summed E-state index contributed by atoms with van der Waals surface area (Å²) in [5.74, 6) is 1.12. The lowest BCUT2D eigenvalue weighted by molar-refractivity contribution is -0.121. The molecular weight excluding hydrogens is 440 g/mol. The van der Waals surface area contributed by atoms with E-state index in [9.17, 15) is 13.2 Å². The lowest BCUT2D eigenvalue weighted by atomic mass is 10.1. The second-order valence-corrected chi connectivity index (χ2v) is 9.53. The number of methoxy groups -OCH3 is 2. The van der Waals surface area contributed by atoms with Gasteiger partial charge in [0.25, 0.3) is 0 Å².